The molecule has 1 aromatic carbocycles. The van der Waals surface area contributed by atoms with Crippen molar-refractivity contribution in [2.75, 3.05) is 0 Å². The largest absolute Gasteiger partial charge is 0.271 e. The Bertz CT molecular complexity index is 623. The molecule has 0 aliphatic heterocycles. The first-order valence-corrected chi connectivity index (χ1v) is 7.51. The number of aryl methyl sites for hydroxylation is 3. The van der Waals surface area contributed by atoms with Crippen LogP contribution in [0, 0.1) is 20.8 Å². The minimum absolute atomic E-state index is 0.178. The van der Waals surface area contributed by atoms with Crippen molar-refractivity contribution in [3.8, 4) is 0 Å². The van der Waals surface area contributed by atoms with Gasteiger partial charge in [0.1, 0.15) is 0 Å². The van der Waals surface area contributed by atoms with Gasteiger partial charge in [0.2, 0.25) is 0 Å². The first-order chi connectivity index (χ1) is 9.86. The van der Waals surface area contributed by atoms with Crippen LogP contribution in [-0.2, 0) is 0 Å². The monoisotopic (exact) mass is 306 g/mol. The van der Waals surface area contributed by atoms with Gasteiger partial charge < -0.3 is 0 Å². The third-order valence-electron chi connectivity index (χ3n) is 3.74. The summed E-state index contributed by atoms with van der Waals surface area (Å²) in [6, 6.07) is 4.37. The van der Waals surface area contributed by atoms with Gasteiger partial charge in [0.15, 0.2) is 0 Å². The number of aromatic nitrogens is 2. The SMILES string of the molecule is Cc1cc(C)c(C(NN)c2c(Cl)cnn2C(C)C)c(C)c1. The maximum absolute atomic E-state index is 6.37. The molecular formula is C16H23ClN4. The molecule has 0 amide bonds. The standard InChI is InChI=1S/C16H23ClN4/c1-9(2)21-16(13(17)8-19-21)15(20-18)14-11(4)6-10(3)7-12(14)5/h6-9,15,20H,18H2,1-5H3. The predicted molar refractivity (Wildman–Crippen MR) is 87.4 cm³/mol. The number of nitrogens with one attached hydrogen (secondary N) is 1. The summed E-state index contributed by atoms with van der Waals surface area (Å²) in [4.78, 5) is 0. The third-order valence-corrected chi connectivity index (χ3v) is 4.03. The minimum Gasteiger partial charge on any atom is -0.271 e. The zero-order chi connectivity index (χ0) is 15.7. The molecule has 0 saturated carbocycles. The average molecular weight is 307 g/mol. The smallest absolute Gasteiger partial charge is 0.0898 e. The molecule has 2 aromatic rings. The van der Waals surface area contributed by atoms with Crippen LogP contribution in [0.15, 0.2) is 18.3 Å². The Morgan fingerprint density at radius 3 is 2.24 bits per heavy atom. The number of nitrogens with zero attached hydrogens (tertiary/aromatic N) is 2. The molecule has 2 rings (SSSR count). The molecule has 0 aliphatic rings. The van der Waals surface area contributed by atoms with Crippen LogP contribution in [0.1, 0.15) is 53.9 Å². The fraction of sp³-hybridized carbons (Fsp3) is 0.438. The molecule has 0 radical (unpaired) electrons. The highest BCUT2D eigenvalue weighted by Crippen LogP contribution is 2.33. The molecule has 1 atom stereocenters. The second kappa shape index (κ2) is 6.18. The van der Waals surface area contributed by atoms with Crippen LogP contribution in [0.5, 0.6) is 0 Å². The van der Waals surface area contributed by atoms with E-state index in [2.05, 4.69) is 57.3 Å². The van der Waals surface area contributed by atoms with Crippen molar-refractivity contribution in [2.24, 2.45) is 5.84 Å². The fourth-order valence-corrected chi connectivity index (χ4v) is 3.22. The molecule has 21 heavy (non-hydrogen) atoms. The van der Waals surface area contributed by atoms with E-state index in [9.17, 15) is 0 Å². The topological polar surface area (TPSA) is 55.9 Å². The van der Waals surface area contributed by atoms with Gasteiger partial charge >= 0.3 is 0 Å². The van der Waals surface area contributed by atoms with Crippen molar-refractivity contribution >= 4 is 11.6 Å². The van der Waals surface area contributed by atoms with E-state index >= 15 is 0 Å². The third kappa shape index (κ3) is 2.98. The summed E-state index contributed by atoms with van der Waals surface area (Å²) in [6.45, 7) is 10.5. The Kier molecular flexibility index (Phi) is 4.71. The van der Waals surface area contributed by atoms with Crippen LogP contribution in [-0.4, -0.2) is 9.78 Å². The van der Waals surface area contributed by atoms with Gasteiger partial charge in [-0.05, 0) is 51.3 Å². The minimum atomic E-state index is -0.178. The number of nitrogens with two attached hydrogens (primary N) is 1. The van der Waals surface area contributed by atoms with Crippen LogP contribution in [0.2, 0.25) is 5.02 Å². The summed E-state index contributed by atoms with van der Waals surface area (Å²) in [5, 5.41) is 5.01. The van der Waals surface area contributed by atoms with E-state index in [1.54, 1.807) is 6.20 Å². The molecule has 0 spiro atoms. The highest BCUT2D eigenvalue weighted by atomic mass is 35.5. The van der Waals surface area contributed by atoms with Gasteiger partial charge in [-0.25, -0.2) is 5.43 Å². The van der Waals surface area contributed by atoms with E-state index in [-0.39, 0.29) is 12.1 Å². The number of hydrogen-bond acceptors (Lipinski definition) is 3. The Balaban J connectivity index is 2.64. The maximum Gasteiger partial charge on any atom is 0.0898 e. The zero-order valence-electron chi connectivity index (χ0n) is 13.2. The summed E-state index contributed by atoms with van der Waals surface area (Å²) < 4.78 is 1.92. The van der Waals surface area contributed by atoms with E-state index in [0.717, 1.165) is 11.3 Å². The molecule has 0 fully saturated rings. The maximum atomic E-state index is 6.37. The summed E-state index contributed by atoms with van der Waals surface area (Å²) in [7, 11) is 0. The predicted octanol–water partition coefficient (Wildman–Crippen LogP) is 3.60. The number of hydrazine groups is 1. The van der Waals surface area contributed by atoms with Crippen molar-refractivity contribution in [3.05, 3.63) is 51.3 Å². The highest BCUT2D eigenvalue weighted by Gasteiger charge is 2.25. The van der Waals surface area contributed by atoms with Gasteiger partial charge in [-0.3, -0.25) is 10.5 Å². The van der Waals surface area contributed by atoms with E-state index in [4.69, 9.17) is 17.4 Å². The Hall–Kier alpha value is -1.36. The molecule has 4 nitrogen and oxygen atoms in total. The Labute approximate surface area is 131 Å². The highest BCUT2D eigenvalue weighted by molar-refractivity contribution is 6.31. The van der Waals surface area contributed by atoms with Crippen molar-refractivity contribution in [1.29, 1.82) is 0 Å². The molecule has 0 saturated heterocycles. The Morgan fingerprint density at radius 1 is 1.19 bits per heavy atom. The summed E-state index contributed by atoms with van der Waals surface area (Å²) in [5.74, 6) is 5.86. The second-order valence-corrected chi connectivity index (χ2v) is 6.24. The van der Waals surface area contributed by atoms with Crippen molar-refractivity contribution < 1.29 is 0 Å². The molecule has 5 heteroatoms. The first kappa shape index (κ1) is 16.0. The number of hydrogen-bond donors (Lipinski definition) is 2. The van der Waals surface area contributed by atoms with Gasteiger partial charge in [0.05, 0.1) is 23.0 Å². The molecule has 1 heterocycles. The first-order valence-electron chi connectivity index (χ1n) is 7.13. The normalized spacial score (nSPS) is 13.0. The molecule has 114 valence electrons. The zero-order valence-corrected chi connectivity index (χ0v) is 14.0. The molecule has 0 aliphatic carbocycles. The lowest BCUT2D eigenvalue weighted by molar-refractivity contribution is 0.475. The van der Waals surface area contributed by atoms with Gasteiger partial charge in [0, 0.05) is 6.04 Å². The van der Waals surface area contributed by atoms with Gasteiger partial charge in [0.25, 0.3) is 0 Å². The fourth-order valence-electron chi connectivity index (χ4n) is 2.98. The van der Waals surface area contributed by atoms with Crippen LogP contribution in [0.25, 0.3) is 0 Å². The Morgan fingerprint density at radius 2 is 1.76 bits per heavy atom. The van der Waals surface area contributed by atoms with Gasteiger partial charge in [-0.2, -0.15) is 5.10 Å². The van der Waals surface area contributed by atoms with Crippen LogP contribution in [0.3, 0.4) is 0 Å². The van der Waals surface area contributed by atoms with E-state index in [1.807, 2.05) is 4.68 Å². The average Bonchev–Trinajstić information content (AvgIpc) is 2.75. The van der Waals surface area contributed by atoms with Crippen molar-refractivity contribution in [2.45, 2.75) is 46.7 Å². The van der Waals surface area contributed by atoms with Crippen LogP contribution >= 0.6 is 11.6 Å². The molecule has 1 unspecified atom stereocenters. The number of benzene rings is 1. The van der Waals surface area contributed by atoms with E-state index < -0.39 is 0 Å². The van der Waals surface area contributed by atoms with Crippen molar-refractivity contribution in [3.63, 3.8) is 0 Å². The lowest BCUT2D eigenvalue weighted by Gasteiger charge is -2.24. The quantitative estimate of drug-likeness (QED) is 0.670. The second-order valence-electron chi connectivity index (χ2n) is 5.83. The number of halogens is 1. The summed E-state index contributed by atoms with van der Waals surface area (Å²) in [6.07, 6.45) is 1.68. The lowest BCUT2D eigenvalue weighted by atomic mass is 9.92. The molecule has 1 aromatic heterocycles. The molecule has 0 bridgehead atoms. The summed E-state index contributed by atoms with van der Waals surface area (Å²) >= 11 is 6.37. The number of rotatable bonds is 4. The summed E-state index contributed by atoms with van der Waals surface area (Å²) in [5.41, 5.74) is 8.62. The van der Waals surface area contributed by atoms with E-state index in [1.165, 1.54) is 16.7 Å². The van der Waals surface area contributed by atoms with E-state index in [0.29, 0.717) is 5.02 Å². The van der Waals surface area contributed by atoms with Crippen LogP contribution < -0.4 is 11.3 Å². The van der Waals surface area contributed by atoms with Gasteiger partial charge in [-0.15, -0.1) is 0 Å². The molecular weight excluding hydrogens is 284 g/mol. The molecule has 3 N–H and O–H groups in total. The van der Waals surface area contributed by atoms with Crippen molar-refractivity contribution in [1.82, 2.24) is 15.2 Å². The van der Waals surface area contributed by atoms with Crippen LogP contribution in [0.4, 0.5) is 0 Å². The lowest BCUT2D eigenvalue weighted by Crippen LogP contribution is -2.32. The van der Waals surface area contributed by atoms with Gasteiger partial charge in [-0.1, -0.05) is 29.3 Å².